The predicted molar refractivity (Wildman–Crippen MR) is 167 cm³/mol. The molecule has 2 atom stereocenters. The van der Waals surface area contributed by atoms with Crippen LogP contribution in [-0.4, -0.2) is 61.0 Å². The lowest BCUT2D eigenvalue weighted by atomic mass is 9.91. The van der Waals surface area contributed by atoms with E-state index in [9.17, 15) is 19.6 Å². The van der Waals surface area contributed by atoms with Crippen LogP contribution in [0.25, 0.3) is 0 Å². The first-order chi connectivity index (χ1) is 22.0. The van der Waals surface area contributed by atoms with E-state index in [2.05, 4.69) is 26.6 Å². The molecule has 7 rings (SSSR count). The van der Waals surface area contributed by atoms with Gasteiger partial charge >= 0.3 is 0 Å². The van der Waals surface area contributed by atoms with Gasteiger partial charge in [-0.05, 0) is 62.1 Å². The molecule has 0 spiro atoms. The van der Waals surface area contributed by atoms with Gasteiger partial charge in [0, 0.05) is 36.5 Å². The lowest BCUT2D eigenvalue weighted by Crippen LogP contribution is -2.51. The number of amides is 3. The normalized spacial score (nSPS) is 21.3. The number of hydrogen-bond acceptors (Lipinski definition) is 8. The molecule has 2 aromatic carbocycles. The van der Waals surface area contributed by atoms with Gasteiger partial charge in [-0.3, -0.25) is 19.0 Å². The number of nitriles is 1. The van der Waals surface area contributed by atoms with Crippen LogP contribution in [0.3, 0.4) is 0 Å². The van der Waals surface area contributed by atoms with Crippen LogP contribution < -0.4 is 10.2 Å². The molecule has 1 saturated heterocycles. The number of aryl methyl sites for hydroxylation is 1. The third-order valence-electron chi connectivity index (χ3n) is 8.95. The Morgan fingerprint density at radius 2 is 1.85 bits per heavy atom. The highest BCUT2D eigenvalue weighted by atomic mass is 35.5. The number of likely N-dealkylation sites (tertiary alicyclic amines) is 1. The summed E-state index contributed by atoms with van der Waals surface area (Å²) in [6.07, 6.45) is 3.28. The summed E-state index contributed by atoms with van der Waals surface area (Å²) in [5.74, 6) is 0.121. The lowest BCUT2D eigenvalue weighted by Gasteiger charge is -2.28. The largest absolute Gasteiger partial charge is 0.425 e. The molecule has 2 fully saturated rings. The second-order valence-electron chi connectivity index (χ2n) is 12.2. The Labute approximate surface area is 273 Å². The minimum Gasteiger partial charge on any atom is -0.425 e. The summed E-state index contributed by atoms with van der Waals surface area (Å²) in [6.45, 7) is 4.40. The Kier molecular flexibility index (Phi) is 7.14. The van der Waals surface area contributed by atoms with E-state index < -0.39 is 17.0 Å². The maximum atomic E-state index is 14.3. The van der Waals surface area contributed by atoms with Gasteiger partial charge in [-0.15, -0.1) is 10.2 Å². The fourth-order valence-electron chi connectivity index (χ4n) is 6.45. The van der Waals surface area contributed by atoms with Gasteiger partial charge in [-0.25, -0.2) is 9.88 Å². The topological polar surface area (TPSA) is 150 Å². The molecule has 1 aliphatic carbocycles. The molecule has 3 aliphatic rings. The van der Waals surface area contributed by atoms with E-state index >= 15 is 0 Å². The van der Waals surface area contributed by atoms with Crippen molar-refractivity contribution < 1.29 is 18.8 Å². The zero-order valence-electron chi connectivity index (χ0n) is 25.0. The Morgan fingerprint density at radius 3 is 2.48 bits per heavy atom. The van der Waals surface area contributed by atoms with Crippen LogP contribution in [0.5, 0.6) is 0 Å². The standard InChI is InChI=1S/C32H28Cl2N8O4/c1-18-38-39-27(46-18)21-7-10-40(17-21)29(45)32(8-9-32)37-26(43)25-16-36-30-41(24-12-22(33)11-23(34)13-24)28(44)31(2,42(25)30)14-19-3-5-20(15-35)6-4-19/h3-6,11-13,16,21H,7-10,14,17H2,1-2H3,(H,37,43)/t21-,31+/m0/s1. The monoisotopic (exact) mass is 658 g/mol. The summed E-state index contributed by atoms with van der Waals surface area (Å²) in [5, 5.41) is 20.9. The number of fused-ring (bicyclic) bond motifs is 1. The molecular weight excluding hydrogens is 631 g/mol. The van der Waals surface area contributed by atoms with Gasteiger partial charge in [0.15, 0.2) is 0 Å². The molecule has 12 nitrogen and oxygen atoms in total. The van der Waals surface area contributed by atoms with E-state index in [1.54, 1.807) is 65.8 Å². The Bertz CT molecular complexity index is 1920. The number of hydrogen-bond donors (Lipinski definition) is 1. The number of imidazole rings is 1. The molecule has 14 heteroatoms. The zero-order chi connectivity index (χ0) is 32.4. The number of halogens is 2. The van der Waals surface area contributed by atoms with Crippen molar-refractivity contribution in [3.05, 3.63) is 87.3 Å². The number of aromatic nitrogens is 4. The van der Waals surface area contributed by atoms with Gasteiger partial charge in [0.1, 0.15) is 16.8 Å². The second-order valence-corrected chi connectivity index (χ2v) is 13.1. The van der Waals surface area contributed by atoms with Gasteiger partial charge in [0.2, 0.25) is 23.6 Å². The van der Waals surface area contributed by atoms with Crippen LogP contribution in [0.15, 0.2) is 53.1 Å². The van der Waals surface area contributed by atoms with Crippen molar-refractivity contribution in [1.29, 1.82) is 5.26 Å². The van der Waals surface area contributed by atoms with Gasteiger partial charge in [-0.1, -0.05) is 35.3 Å². The van der Waals surface area contributed by atoms with Crippen molar-refractivity contribution in [1.82, 2.24) is 30.0 Å². The van der Waals surface area contributed by atoms with Crippen molar-refractivity contribution in [2.45, 2.75) is 56.5 Å². The maximum absolute atomic E-state index is 14.3. The number of benzene rings is 2. The van der Waals surface area contributed by atoms with Crippen molar-refractivity contribution in [2.75, 3.05) is 18.0 Å². The molecule has 0 radical (unpaired) electrons. The highest BCUT2D eigenvalue weighted by Gasteiger charge is 2.56. The van der Waals surface area contributed by atoms with Crippen LogP contribution in [0.2, 0.25) is 10.0 Å². The molecular formula is C32H28Cl2N8O4. The smallest absolute Gasteiger partial charge is 0.270 e. The first-order valence-corrected chi connectivity index (χ1v) is 15.6. The molecule has 3 amide bonds. The molecule has 1 N–H and O–H groups in total. The number of nitrogens with zero attached hydrogens (tertiary/aromatic N) is 7. The third-order valence-corrected chi connectivity index (χ3v) is 9.39. The van der Waals surface area contributed by atoms with E-state index in [-0.39, 0.29) is 35.8 Å². The average Bonchev–Trinajstić information content (AvgIpc) is 3.38. The number of anilines is 2. The van der Waals surface area contributed by atoms with Crippen LogP contribution in [-0.2, 0) is 21.5 Å². The maximum Gasteiger partial charge on any atom is 0.270 e. The fourth-order valence-corrected chi connectivity index (χ4v) is 6.96. The molecule has 4 aromatic rings. The molecule has 0 bridgehead atoms. The van der Waals surface area contributed by atoms with Gasteiger partial charge < -0.3 is 14.6 Å². The summed E-state index contributed by atoms with van der Waals surface area (Å²) in [6, 6.07) is 13.8. The first kappa shape index (κ1) is 30.0. The van der Waals surface area contributed by atoms with E-state index in [1.165, 1.54) is 11.1 Å². The molecule has 4 heterocycles. The molecule has 1 saturated carbocycles. The summed E-state index contributed by atoms with van der Waals surface area (Å²) in [7, 11) is 0. The van der Waals surface area contributed by atoms with Crippen molar-refractivity contribution >= 4 is 52.6 Å². The van der Waals surface area contributed by atoms with Gasteiger partial charge in [0.05, 0.1) is 29.4 Å². The number of rotatable bonds is 7. The zero-order valence-corrected chi connectivity index (χ0v) is 26.5. The highest BCUT2D eigenvalue weighted by molar-refractivity contribution is 6.35. The van der Waals surface area contributed by atoms with Crippen molar-refractivity contribution in [3.8, 4) is 6.07 Å². The van der Waals surface area contributed by atoms with Gasteiger partial charge in [0.25, 0.3) is 11.8 Å². The van der Waals surface area contributed by atoms with Crippen molar-refractivity contribution in [3.63, 3.8) is 0 Å². The first-order valence-electron chi connectivity index (χ1n) is 14.8. The molecule has 0 unspecified atom stereocenters. The molecule has 2 aliphatic heterocycles. The minimum absolute atomic E-state index is 0.0605. The van der Waals surface area contributed by atoms with E-state index in [1.807, 2.05) is 0 Å². The lowest BCUT2D eigenvalue weighted by molar-refractivity contribution is -0.133. The highest BCUT2D eigenvalue weighted by Crippen LogP contribution is 2.45. The minimum atomic E-state index is -1.30. The van der Waals surface area contributed by atoms with Crippen molar-refractivity contribution in [2.24, 2.45) is 0 Å². The van der Waals surface area contributed by atoms with Crippen LogP contribution >= 0.6 is 23.2 Å². The van der Waals surface area contributed by atoms with E-state index in [0.29, 0.717) is 65.4 Å². The molecule has 234 valence electrons. The number of carbonyl (C=O) groups is 3. The Balaban J connectivity index is 1.20. The second kappa shape index (κ2) is 11.0. The average molecular weight is 660 g/mol. The molecule has 46 heavy (non-hydrogen) atoms. The predicted octanol–water partition coefficient (Wildman–Crippen LogP) is 4.67. The van der Waals surface area contributed by atoms with Gasteiger partial charge in [-0.2, -0.15) is 5.26 Å². The quantitative estimate of drug-likeness (QED) is 0.301. The third kappa shape index (κ3) is 5.00. The summed E-state index contributed by atoms with van der Waals surface area (Å²) in [5.41, 5.74) is -0.546. The Hall–Kier alpha value is -4.73. The van der Waals surface area contributed by atoms with Crippen LogP contribution in [0.1, 0.15) is 65.5 Å². The summed E-state index contributed by atoms with van der Waals surface area (Å²) in [4.78, 5) is 49.7. The SMILES string of the molecule is Cc1nnc([C@H]2CCN(C(=O)C3(NC(=O)c4cnc5n4[C@](C)(Cc4ccc(C#N)cc4)C(=O)N5c4cc(Cl)cc(Cl)c4)CC3)C2)o1. The number of carbonyl (C=O) groups excluding carboxylic acids is 3. The van der Waals surface area contributed by atoms with E-state index in [0.717, 1.165) is 5.56 Å². The fraction of sp³-hybridized carbons (Fsp3) is 0.344. The van der Waals surface area contributed by atoms with Crippen LogP contribution in [0.4, 0.5) is 11.6 Å². The number of nitrogens with one attached hydrogen (secondary N) is 1. The summed E-state index contributed by atoms with van der Waals surface area (Å²) >= 11 is 12.6. The van der Waals surface area contributed by atoms with Crippen LogP contribution in [0, 0.1) is 18.3 Å². The van der Waals surface area contributed by atoms with E-state index in [4.69, 9.17) is 27.6 Å². The Morgan fingerprint density at radius 1 is 1.13 bits per heavy atom. The molecule has 2 aromatic heterocycles. The summed E-state index contributed by atoms with van der Waals surface area (Å²) < 4.78 is 7.20.